The molecule has 0 spiro atoms. The van der Waals surface area contributed by atoms with Gasteiger partial charge in [0.15, 0.2) is 0 Å². The predicted octanol–water partition coefficient (Wildman–Crippen LogP) is 6.36. The number of carbonyl (C=O) groups is 4. The van der Waals surface area contributed by atoms with Crippen LogP contribution in [-0.4, -0.2) is 93.8 Å². The van der Waals surface area contributed by atoms with Crippen LogP contribution in [-0.2, 0) is 19.2 Å². The summed E-state index contributed by atoms with van der Waals surface area (Å²) < 4.78 is 0. The average molecular weight is 932 g/mol. The molecular weight excluding hydrogens is 855 g/mol. The van der Waals surface area contributed by atoms with Crippen LogP contribution < -0.4 is 20.4 Å². The van der Waals surface area contributed by atoms with E-state index in [9.17, 15) is 39.6 Å². The summed E-state index contributed by atoms with van der Waals surface area (Å²) in [6.07, 6.45) is 19.6. The minimum atomic E-state index is -0.952. The number of aliphatic carboxylic acids is 4. The summed E-state index contributed by atoms with van der Waals surface area (Å²) in [5.74, 6) is 3.72. The van der Waals surface area contributed by atoms with Crippen LogP contribution in [0.1, 0.15) is 158 Å². The van der Waals surface area contributed by atoms with Crippen LogP contribution >= 0.6 is 47.0 Å². The van der Waals surface area contributed by atoms with Gasteiger partial charge in [-0.15, -0.1) is 0 Å². The van der Waals surface area contributed by atoms with Gasteiger partial charge in [-0.1, -0.05) is 132 Å². The van der Waals surface area contributed by atoms with Crippen molar-refractivity contribution in [2.45, 2.75) is 158 Å². The zero-order chi connectivity index (χ0) is 40.4. The van der Waals surface area contributed by atoms with E-state index in [1.165, 1.54) is 124 Å². The summed E-state index contributed by atoms with van der Waals surface area (Å²) >= 11 is 5.83. The fourth-order valence-electron chi connectivity index (χ4n) is 4.36. The van der Waals surface area contributed by atoms with E-state index < -0.39 is 23.9 Å². The Hall–Kier alpha value is 0.0787. The standard InChI is InChI=1S/4C10H20O2S.Sn/c4*1-9(2)6-4-3-5-7-13-8-10(11)12;/h4*9H,3-8H2,1-2H3,(H,11,12);/q;;;;+4/p-4. The first kappa shape index (κ1) is 62.3. The summed E-state index contributed by atoms with van der Waals surface area (Å²) in [6, 6.07) is 0. The molecule has 0 saturated carbocycles. The van der Waals surface area contributed by atoms with Crippen LogP contribution in [0.4, 0.5) is 0 Å². The average Bonchev–Trinajstić information content (AvgIpc) is 3.03. The molecule has 0 aliphatic heterocycles. The molecule has 0 rings (SSSR count). The van der Waals surface area contributed by atoms with Crippen molar-refractivity contribution < 1.29 is 39.6 Å². The maximum absolute atomic E-state index is 10.0. The van der Waals surface area contributed by atoms with Gasteiger partial charge in [-0.2, -0.15) is 47.0 Å². The van der Waals surface area contributed by atoms with Crippen LogP contribution in [0.25, 0.3) is 0 Å². The molecule has 0 unspecified atom stereocenters. The fraction of sp³-hybridized carbons (Fsp3) is 0.900. The van der Waals surface area contributed by atoms with Crippen LogP contribution in [0.3, 0.4) is 0 Å². The summed E-state index contributed by atoms with van der Waals surface area (Å²) in [5.41, 5.74) is 0. The van der Waals surface area contributed by atoms with Gasteiger partial charge in [0.2, 0.25) is 0 Å². The molecule has 0 aromatic carbocycles. The summed E-state index contributed by atoms with van der Waals surface area (Å²) in [7, 11) is 0. The normalized spacial score (nSPS) is 10.5. The fourth-order valence-corrected chi connectivity index (χ4v) is 7.23. The van der Waals surface area contributed by atoms with Crippen LogP contribution in [0.2, 0.25) is 0 Å². The molecule has 0 bridgehead atoms. The molecular formula is C40H76O8S4Sn. The second-order valence-electron chi connectivity index (χ2n) is 14.7. The molecule has 0 amide bonds. The van der Waals surface area contributed by atoms with Gasteiger partial charge in [-0.3, -0.25) is 0 Å². The Bertz CT molecular complexity index is 675. The number of rotatable bonds is 32. The number of hydrogen-bond acceptors (Lipinski definition) is 12. The first-order chi connectivity index (χ1) is 24.5. The van der Waals surface area contributed by atoms with E-state index in [0.717, 1.165) is 72.4 Å². The molecule has 0 aromatic heterocycles. The number of unbranched alkanes of at least 4 members (excludes halogenated alkanes) is 8. The third-order valence-corrected chi connectivity index (χ3v) is 11.2. The molecule has 0 saturated heterocycles. The van der Waals surface area contributed by atoms with Gasteiger partial charge in [0.05, 0.1) is 23.9 Å². The molecule has 0 aliphatic carbocycles. The Morgan fingerprint density at radius 3 is 0.642 bits per heavy atom. The predicted molar refractivity (Wildman–Crippen MR) is 228 cm³/mol. The largest absolute Gasteiger partial charge is 4.00 e. The molecule has 0 aromatic rings. The number of thioether (sulfide) groups is 4. The van der Waals surface area contributed by atoms with Crippen LogP contribution in [0.15, 0.2) is 0 Å². The van der Waals surface area contributed by atoms with E-state index in [0.29, 0.717) is 0 Å². The van der Waals surface area contributed by atoms with Gasteiger partial charge >= 0.3 is 23.9 Å². The molecule has 13 heteroatoms. The van der Waals surface area contributed by atoms with E-state index in [1.54, 1.807) is 0 Å². The minimum Gasteiger partial charge on any atom is -0.549 e. The van der Waals surface area contributed by atoms with Crippen LogP contribution in [0, 0.1) is 23.7 Å². The molecule has 0 atom stereocenters. The van der Waals surface area contributed by atoms with Crippen LogP contribution in [0.5, 0.6) is 0 Å². The van der Waals surface area contributed by atoms with Crippen molar-refractivity contribution in [1.29, 1.82) is 0 Å². The van der Waals surface area contributed by atoms with Gasteiger partial charge in [0.1, 0.15) is 0 Å². The van der Waals surface area contributed by atoms with Crippen molar-refractivity contribution in [2.24, 2.45) is 23.7 Å². The molecule has 0 N–H and O–H groups in total. The Morgan fingerprint density at radius 1 is 0.340 bits per heavy atom. The molecule has 0 aliphatic rings. The topological polar surface area (TPSA) is 161 Å². The molecule has 0 fully saturated rings. The third kappa shape index (κ3) is 81.3. The first-order valence-corrected chi connectivity index (χ1v) is 24.2. The molecule has 0 radical (unpaired) electrons. The van der Waals surface area contributed by atoms with E-state index in [-0.39, 0.29) is 46.9 Å². The second kappa shape index (κ2) is 50.1. The number of carboxylic acids is 4. The minimum absolute atomic E-state index is 0. The smallest absolute Gasteiger partial charge is 0.549 e. The van der Waals surface area contributed by atoms with Gasteiger partial charge < -0.3 is 39.6 Å². The molecule has 0 heterocycles. The zero-order valence-corrected chi connectivity index (χ0v) is 40.8. The van der Waals surface area contributed by atoms with E-state index >= 15 is 0 Å². The summed E-state index contributed by atoms with van der Waals surface area (Å²) in [4.78, 5) is 40.2. The van der Waals surface area contributed by atoms with Crippen molar-refractivity contribution in [3.8, 4) is 0 Å². The SMILES string of the molecule is CC(C)CCCCCSCC(=O)[O-].CC(C)CCCCCSCC(=O)[O-].CC(C)CCCCCSCC(=O)[O-].CC(C)CCCCCSCC(=O)[O-].[Sn+4]. The van der Waals surface area contributed by atoms with Crippen molar-refractivity contribution in [2.75, 3.05) is 46.0 Å². The van der Waals surface area contributed by atoms with E-state index in [4.69, 9.17) is 0 Å². The second-order valence-corrected chi connectivity index (χ2v) is 19.1. The Labute approximate surface area is 359 Å². The van der Waals surface area contributed by atoms with E-state index in [2.05, 4.69) is 55.4 Å². The summed E-state index contributed by atoms with van der Waals surface area (Å²) in [6.45, 7) is 17.8. The first-order valence-electron chi connectivity index (χ1n) is 19.6. The molecule has 312 valence electrons. The van der Waals surface area contributed by atoms with Gasteiger partial charge in [0.25, 0.3) is 0 Å². The van der Waals surface area contributed by atoms with Crippen molar-refractivity contribution in [1.82, 2.24) is 0 Å². The quantitative estimate of drug-likeness (QED) is 0.0544. The zero-order valence-electron chi connectivity index (χ0n) is 34.7. The Kier molecular flexibility index (Phi) is 58.9. The Balaban J connectivity index is -0.000000192. The summed E-state index contributed by atoms with van der Waals surface area (Å²) in [5, 5.41) is 40.2. The molecule has 8 nitrogen and oxygen atoms in total. The maximum Gasteiger partial charge on any atom is 4.00 e. The number of carbonyl (C=O) groups excluding carboxylic acids is 4. The van der Waals surface area contributed by atoms with Gasteiger partial charge in [-0.05, 0) is 72.4 Å². The number of carboxylic acid groups (broad SMARTS) is 4. The maximum atomic E-state index is 10.0. The molecule has 53 heavy (non-hydrogen) atoms. The van der Waals surface area contributed by atoms with Crippen molar-refractivity contribution in [3.63, 3.8) is 0 Å². The Morgan fingerprint density at radius 2 is 0.509 bits per heavy atom. The number of hydrogen-bond donors (Lipinski definition) is 0. The van der Waals surface area contributed by atoms with Gasteiger partial charge in [0, 0.05) is 23.0 Å². The third-order valence-electron chi connectivity index (χ3n) is 7.16. The van der Waals surface area contributed by atoms with Crippen molar-refractivity contribution in [3.05, 3.63) is 0 Å². The van der Waals surface area contributed by atoms with Crippen molar-refractivity contribution >= 4 is 94.8 Å². The van der Waals surface area contributed by atoms with Gasteiger partial charge in [-0.25, -0.2) is 0 Å². The van der Waals surface area contributed by atoms with E-state index in [1.807, 2.05) is 0 Å². The monoisotopic (exact) mass is 932 g/mol.